The Labute approximate surface area is 190 Å². The molecule has 1 aliphatic carbocycles. The van der Waals surface area contributed by atoms with Crippen molar-refractivity contribution < 1.29 is 9.53 Å². The van der Waals surface area contributed by atoms with E-state index in [1.54, 1.807) is 0 Å². The summed E-state index contributed by atoms with van der Waals surface area (Å²) in [5, 5.41) is 0. The van der Waals surface area contributed by atoms with Gasteiger partial charge in [0.1, 0.15) is 5.75 Å². The molecule has 32 heavy (non-hydrogen) atoms. The fourth-order valence-corrected chi connectivity index (χ4v) is 4.85. The first-order valence-electron chi connectivity index (χ1n) is 12.0. The smallest absolute Gasteiger partial charge is 0.260 e. The van der Waals surface area contributed by atoms with Crippen LogP contribution in [0.1, 0.15) is 36.1 Å². The lowest BCUT2D eigenvalue weighted by atomic mass is 9.91. The highest BCUT2D eigenvalue weighted by atomic mass is 16.5. The second kappa shape index (κ2) is 9.45. The molecule has 1 aromatic heterocycles. The van der Waals surface area contributed by atoms with Crippen molar-refractivity contribution >= 4 is 11.9 Å². The number of aryl methyl sites for hydroxylation is 1. The van der Waals surface area contributed by atoms with Crippen LogP contribution in [0.25, 0.3) is 0 Å². The van der Waals surface area contributed by atoms with Crippen molar-refractivity contribution in [3.63, 3.8) is 0 Å². The number of nitrogens with zero attached hydrogens (tertiary/aromatic N) is 5. The maximum absolute atomic E-state index is 12.8. The highest BCUT2D eigenvalue weighted by molar-refractivity contribution is 5.78. The Balaban J connectivity index is 1.16. The largest absolute Gasteiger partial charge is 0.484 e. The van der Waals surface area contributed by atoms with Crippen molar-refractivity contribution in [3.8, 4) is 5.75 Å². The monoisotopic (exact) mass is 435 g/mol. The van der Waals surface area contributed by atoms with Crippen LogP contribution in [-0.4, -0.2) is 77.6 Å². The lowest BCUT2D eigenvalue weighted by Gasteiger charge is -2.43. The molecule has 1 saturated heterocycles. The van der Waals surface area contributed by atoms with Gasteiger partial charge < -0.3 is 14.5 Å². The molecule has 0 unspecified atom stereocenters. The third-order valence-corrected chi connectivity index (χ3v) is 7.20. The highest BCUT2D eigenvalue weighted by Gasteiger charge is 2.29. The van der Waals surface area contributed by atoms with E-state index >= 15 is 0 Å². The first kappa shape index (κ1) is 21.2. The van der Waals surface area contributed by atoms with Crippen molar-refractivity contribution in [1.29, 1.82) is 0 Å². The number of amides is 1. The zero-order valence-corrected chi connectivity index (χ0v) is 19.0. The summed E-state index contributed by atoms with van der Waals surface area (Å²) in [6.45, 7) is 7.63. The van der Waals surface area contributed by atoms with E-state index in [-0.39, 0.29) is 12.5 Å². The number of carbonyl (C=O) groups excluding carboxylic acids is 1. The van der Waals surface area contributed by atoms with Crippen molar-refractivity contribution in [2.75, 3.05) is 50.8 Å². The van der Waals surface area contributed by atoms with Gasteiger partial charge in [-0.25, -0.2) is 9.97 Å². The Morgan fingerprint density at radius 1 is 1.06 bits per heavy atom. The Hall–Kier alpha value is -2.67. The molecule has 1 amide bonds. The lowest BCUT2D eigenvalue weighted by Crippen LogP contribution is -2.52. The zero-order chi connectivity index (χ0) is 21.9. The number of hydrogen-bond acceptors (Lipinski definition) is 6. The summed E-state index contributed by atoms with van der Waals surface area (Å²) in [5.41, 5.74) is 3.29. The van der Waals surface area contributed by atoms with E-state index in [2.05, 4.69) is 14.8 Å². The summed E-state index contributed by atoms with van der Waals surface area (Å²) in [5.74, 6) is 1.65. The lowest BCUT2D eigenvalue weighted by molar-refractivity contribution is -0.133. The Morgan fingerprint density at radius 3 is 2.59 bits per heavy atom. The van der Waals surface area contributed by atoms with E-state index in [0.717, 1.165) is 73.6 Å². The summed E-state index contributed by atoms with van der Waals surface area (Å²) in [7, 11) is 0. The molecule has 2 aliphatic heterocycles. The van der Waals surface area contributed by atoms with E-state index in [1.807, 2.05) is 42.3 Å². The number of aromatic nitrogens is 2. The first-order valence-corrected chi connectivity index (χ1v) is 12.0. The summed E-state index contributed by atoms with van der Waals surface area (Å²) in [6, 6.07) is 8.61. The average Bonchev–Trinajstić information content (AvgIpc) is 3.00. The molecule has 2 fully saturated rings. The molecule has 3 aliphatic rings. The van der Waals surface area contributed by atoms with Crippen molar-refractivity contribution in [2.24, 2.45) is 0 Å². The summed E-state index contributed by atoms with van der Waals surface area (Å²) < 4.78 is 5.78. The maximum atomic E-state index is 12.8. The predicted octanol–water partition coefficient (Wildman–Crippen LogP) is 2.47. The molecule has 0 N–H and O–H groups in total. The molecule has 2 aromatic rings. The third-order valence-electron chi connectivity index (χ3n) is 7.20. The maximum Gasteiger partial charge on any atom is 0.260 e. The number of piperazine rings is 1. The van der Waals surface area contributed by atoms with Crippen molar-refractivity contribution in [3.05, 3.63) is 47.3 Å². The number of ether oxygens (including phenoxy) is 1. The normalized spacial score (nSPS) is 19.8. The Bertz CT molecular complexity index is 953. The molecule has 0 radical (unpaired) electrons. The fraction of sp³-hybridized carbons (Fsp3) is 0.560. The average molecular weight is 436 g/mol. The molecule has 0 atom stereocenters. The second-order valence-corrected chi connectivity index (χ2v) is 9.18. The third kappa shape index (κ3) is 4.58. The first-order chi connectivity index (χ1) is 15.7. The van der Waals surface area contributed by atoms with Gasteiger partial charge in [-0.05, 0) is 43.4 Å². The van der Waals surface area contributed by atoms with E-state index in [0.29, 0.717) is 13.1 Å². The summed E-state index contributed by atoms with van der Waals surface area (Å²) in [6.07, 6.45) is 7.65. The van der Waals surface area contributed by atoms with Crippen LogP contribution >= 0.6 is 0 Å². The quantitative estimate of drug-likeness (QED) is 0.719. The van der Waals surface area contributed by atoms with Gasteiger partial charge in [-0.3, -0.25) is 9.69 Å². The highest BCUT2D eigenvalue weighted by Crippen LogP contribution is 2.26. The molecule has 7 nitrogen and oxygen atoms in total. The molecule has 1 saturated carbocycles. The zero-order valence-electron chi connectivity index (χ0n) is 19.0. The van der Waals surface area contributed by atoms with E-state index in [1.165, 1.54) is 19.3 Å². The standard InChI is InChI=1S/C25H33N5O2/c1-19-5-2-3-8-23(19)32-18-24(31)29-11-9-20-17-26-25(27-22(20)10-12-29)30-15-13-28(14-16-30)21-6-4-7-21/h2-3,5,8,17,21H,4,6-7,9-16,18H2,1H3. The van der Waals surface area contributed by atoms with Crippen molar-refractivity contribution in [2.45, 2.75) is 45.1 Å². The van der Waals surface area contributed by atoms with Crippen LogP contribution in [0.2, 0.25) is 0 Å². The molecular weight excluding hydrogens is 402 g/mol. The number of hydrogen-bond donors (Lipinski definition) is 0. The van der Waals surface area contributed by atoms with Gasteiger partial charge in [0.25, 0.3) is 5.91 Å². The van der Waals surface area contributed by atoms with E-state index < -0.39 is 0 Å². The van der Waals surface area contributed by atoms with Gasteiger partial charge in [0.15, 0.2) is 6.61 Å². The van der Waals surface area contributed by atoms with Crippen LogP contribution in [0.15, 0.2) is 30.5 Å². The van der Waals surface area contributed by atoms with Gasteiger partial charge in [-0.2, -0.15) is 0 Å². The minimum absolute atomic E-state index is 0.0290. The molecule has 0 bridgehead atoms. The number of fused-ring (bicyclic) bond motifs is 1. The van der Waals surface area contributed by atoms with Crippen LogP contribution in [0.3, 0.4) is 0 Å². The molecule has 5 rings (SSSR count). The van der Waals surface area contributed by atoms with Crippen LogP contribution in [-0.2, 0) is 17.6 Å². The minimum Gasteiger partial charge on any atom is -0.484 e. The van der Waals surface area contributed by atoms with Gasteiger partial charge >= 0.3 is 0 Å². The van der Waals surface area contributed by atoms with Gasteiger partial charge in [0, 0.05) is 57.9 Å². The number of carbonyl (C=O) groups is 1. The Morgan fingerprint density at radius 2 is 1.84 bits per heavy atom. The molecule has 1 aromatic carbocycles. The van der Waals surface area contributed by atoms with Crippen LogP contribution in [0.5, 0.6) is 5.75 Å². The topological polar surface area (TPSA) is 61.8 Å². The van der Waals surface area contributed by atoms with Gasteiger partial charge in [0.05, 0.1) is 5.69 Å². The molecule has 3 heterocycles. The Kier molecular flexibility index (Phi) is 6.26. The molecule has 170 valence electrons. The SMILES string of the molecule is Cc1ccccc1OCC(=O)N1CCc2cnc(N3CCN(C4CCC4)CC3)nc2CC1. The van der Waals surface area contributed by atoms with Crippen LogP contribution in [0, 0.1) is 6.92 Å². The van der Waals surface area contributed by atoms with Gasteiger partial charge in [-0.1, -0.05) is 24.6 Å². The number of para-hydroxylation sites is 1. The van der Waals surface area contributed by atoms with E-state index in [4.69, 9.17) is 9.72 Å². The second-order valence-electron chi connectivity index (χ2n) is 9.18. The molecule has 7 heteroatoms. The minimum atomic E-state index is 0.0290. The predicted molar refractivity (Wildman–Crippen MR) is 124 cm³/mol. The number of anilines is 1. The van der Waals surface area contributed by atoms with Crippen LogP contribution < -0.4 is 9.64 Å². The number of rotatable bonds is 5. The number of benzene rings is 1. The van der Waals surface area contributed by atoms with E-state index in [9.17, 15) is 4.79 Å². The molecular formula is C25H33N5O2. The van der Waals surface area contributed by atoms with Gasteiger partial charge in [0.2, 0.25) is 5.95 Å². The van der Waals surface area contributed by atoms with Crippen LogP contribution in [0.4, 0.5) is 5.95 Å². The van der Waals surface area contributed by atoms with Gasteiger partial charge in [-0.15, -0.1) is 0 Å². The summed E-state index contributed by atoms with van der Waals surface area (Å²) >= 11 is 0. The molecule has 0 spiro atoms. The van der Waals surface area contributed by atoms with Crippen molar-refractivity contribution in [1.82, 2.24) is 19.8 Å². The summed E-state index contributed by atoms with van der Waals surface area (Å²) in [4.78, 5) is 29.2. The fourth-order valence-electron chi connectivity index (χ4n) is 4.85.